The Morgan fingerprint density at radius 2 is 1.00 bits per heavy atom. The van der Waals surface area contributed by atoms with Gasteiger partial charge in [0.15, 0.2) is 0 Å². The number of hydrogen-bond donors (Lipinski definition) is 2. The molecule has 0 radical (unpaired) electrons. The SMILES string of the molecule is O=C1c2ccccc2NC2(CCC3(CC2)Nc2ccccc2C(=O)N3C2CC2)N1C1CC1. The Hall–Kier alpha value is -3.02. The molecule has 3 fully saturated rings. The van der Waals surface area contributed by atoms with Gasteiger partial charge in [0, 0.05) is 23.5 Å². The molecule has 32 heavy (non-hydrogen) atoms. The highest BCUT2D eigenvalue weighted by molar-refractivity contribution is 6.03. The lowest BCUT2D eigenvalue weighted by molar-refractivity contribution is -0.00379. The second-order valence-corrected chi connectivity index (χ2v) is 10.2. The molecule has 3 aliphatic carbocycles. The first-order valence-electron chi connectivity index (χ1n) is 12.0. The van der Waals surface area contributed by atoms with Crippen LogP contribution in [0.4, 0.5) is 11.4 Å². The van der Waals surface area contributed by atoms with E-state index in [9.17, 15) is 9.59 Å². The molecule has 6 nitrogen and oxygen atoms in total. The summed E-state index contributed by atoms with van der Waals surface area (Å²) >= 11 is 0. The van der Waals surface area contributed by atoms with Crippen LogP contribution < -0.4 is 10.6 Å². The summed E-state index contributed by atoms with van der Waals surface area (Å²) in [5.41, 5.74) is 2.73. The van der Waals surface area contributed by atoms with Crippen LogP contribution in [-0.4, -0.2) is 45.0 Å². The van der Waals surface area contributed by atoms with Gasteiger partial charge in [0.1, 0.15) is 11.3 Å². The maximum absolute atomic E-state index is 13.5. The van der Waals surface area contributed by atoms with Crippen molar-refractivity contribution in [1.82, 2.24) is 9.80 Å². The average Bonchev–Trinajstić information content (AvgIpc) is 3.72. The summed E-state index contributed by atoms with van der Waals surface area (Å²) in [5, 5.41) is 7.60. The molecule has 2 spiro atoms. The maximum atomic E-state index is 13.5. The van der Waals surface area contributed by atoms with Gasteiger partial charge in [-0.3, -0.25) is 9.59 Å². The van der Waals surface area contributed by atoms with Crippen LogP contribution in [0.15, 0.2) is 48.5 Å². The van der Waals surface area contributed by atoms with Gasteiger partial charge >= 0.3 is 0 Å². The van der Waals surface area contributed by atoms with Gasteiger partial charge < -0.3 is 20.4 Å². The fraction of sp³-hybridized carbons (Fsp3) is 0.462. The molecule has 7 rings (SSSR count). The van der Waals surface area contributed by atoms with Crippen LogP contribution in [0.1, 0.15) is 72.1 Å². The summed E-state index contributed by atoms with van der Waals surface area (Å²) in [4.78, 5) is 31.4. The van der Waals surface area contributed by atoms with Crippen LogP contribution >= 0.6 is 0 Å². The lowest BCUT2D eigenvalue weighted by Crippen LogP contribution is -2.69. The number of anilines is 2. The number of amides is 2. The number of hydrogen-bond acceptors (Lipinski definition) is 4. The first-order valence-corrected chi connectivity index (χ1v) is 12.0. The number of rotatable bonds is 2. The molecule has 0 saturated heterocycles. The fourth-order valence-corrected chi connectivity index (χ4v) is 6.33. The van der Waals surface area contributed by atoms with Crippen molar-refractivity contribution in [2.45, 2.75) is 74.8 Å². The normalized spacial score (nSPS) is 31.2. The highest BCUT2D eigenvalue weighted by Crippen LogP contribution is 2.52. The molecular formula is C26H28N4O2. The molecule has 2 amide bonds. The Morgan fingerprint density at radius 3 is 1.38 bits per heavy atom. The van der Waals surface area contributed by atoms with E-state index in [4.69, 9.17) is 0 Å². The number of nitrogens with one attached hydrogen (secondary N) is 2. The second kappa shape index (κ2) is 6.27. The van der Waals surface area contributed by atoms with E-state index < -0.39 is 0 Å². The Morgan fingerprint density at radius 1 is 0.625 bits per heavy atom. The van der Waals surface area contributed by atoms with Crippen molar-refractivity contribution >= 4 is 23.2 Å². The van der Waals surface area contributed by atoms with E-state index in [0.717, 1.165) is 73.9 Å². The van der Waals surface area contributed by atoms with E-state index in [-0.39, 0.29) is 23.1 Å². The van der Waals surface area contributed by atoms with Gasteiger partial charge in [0.2, 0.25) is 0 Å². The highest BCUT2D eigenvalue weighted by Gasteiger charge is 2.58. The summed E-state index contributed by atoms with van der Waals surface area (Å²) in [7, 11) is 0. The Labute approximate surface area is 188 Å². The molecule has 2 aromatic rings. The van der Waals surface area contributed by atoms with Crippen molar-refractivity contribution in [3.63, 3.8) is 0 Å². The largest absolute Gasteiger partial charge is 0.362 e. The first-order chi connectivity index (χ1) is 15.6. The number of fused-ring (bicyclic) bond motifs is 2. The smallest absolute Gasteiger partial charge is 0.258 e. The summed E-state index contributed by atoms with van der Waals surface area (Å²) in [5.74, 6) is 0.324. The molecule has 0 bridgehead atoms. The van der Waals surface area contributed by atoms with Crippen LogP contribution in [0, 0.1) is 0 Å². The van der Waals surface area contributed by atoms with Gasteiger partial charge in [0.25, 0.3) is 11.8 Å². The number of nitrogens with zero attached hydrogens (tertiary/aromatic N) is 2. The predicted octanol–water partition coefficient (Wildman–Crippen LogP) is 4.41. The minimum atomic E-state index is -0.366. The Bertz CT molecular complexity index is 1040. The highest BCUT2D eigenvalue weighted by atomic mass is 16.2. The summed E-state index contributed by atoms with van der Waals surface area (Å²) in [6, 6.07) is 16.5. The zero-order valence-corrected chi connectivity index (χ0v) is 18.1. The molecule has 2 aromatic carbocycles. The summed E-state index contributed by atoms with van der Waals surface area (Å²) in [6.07, 6.45) is 7.65. The molecule has 0 aromatic heterocycles. The zero-order chi connectivity index (χ0) is 21.5. The van der Waals surface area contributed by atoms with Gasteiger partial charge in [-0.1, -0.05) is 24.3 Å². The van der Waals surface area contributed by atoms with Crippen LogP contribution in [0.3, 0.4) is 0 Å². The van der Waals surface area contributed by atoms with Crippen LogP contribution in [0.25, 0.3) is 0 Å². The van der Waals surface area contributed by atoms with Gasteiger partial charge in [-0.2, -0.15) is 0 Å². The fourth-order valence-electron chi connectivity index (χ4n) is 6.33. The van der Waals surface area contributed by atoms with Crippen molar-refractivity contribution in [2.24, 2.45) is 0 Å². The van der Waals surface area contributed by atoms with Crippen LogP contribution in [0.5, 0.6) is 0 Å². The molecule has 2 heterocycles. The van der Waals surface area contributed by atoms with Crippen molar-refractivity contribution in [2.75, 3.05) is 10.6 Å². The molecule has 2 aliphatic heterocycles. The van der Waals surface area contributed by atoms with Crippen molar-refractivity contribution in [3.8, 4) is 0 Å². The van der Waals surface area contributed by atoms with E-state index in [1.54, 1.807) is 0 Å². The maximum Gasteiger partial charge on any atom is 0.258 e. The molecule has 0 atom stereocenters. The van der Waals surface area contributed by atoms with Crippen molar-refractivity contribution < 1.29 is 9.59 Å². The number of benzene rings is 2. The van der Waals surface area contributed by atoms with Gasteiger partial charge in [-0.25, -0.2) is 0 Å². The number of carbonyl (C=O) groups excluding carboxylic acids is 2. The average molecular weight is 429 g/mol. The Balaban J connectivity index is 1.25. The Kier molecular flexibility index (Phi) is 3.63. The quantitative estimate of drug-likeness (QED) is 0.744. The second-order valence-electron chi connectivity index (χ2n) is 10.2. The van der Waals surface area contributed by atoms with Crippen molar-refractivity contribution in [1.29, 1.82) is 0 Å². The third-order valence-corrected chi connectivity index (χ3v) is 8.14. The molecule has 3 saturated carbocycles. The van der Waals surface area contributed by atoms with Gasteiger partial charge in [0.05, 0.1) is 11.1 Å². The lowest BCUT2D eigenvalue weighted by atomic mass is 9.76. The summed E-state index contributed by atoms with van der Waals surface area (Å²) < 4.78 is 0. The topological polar surface area (TPSA) is 64.7 Å². The molecule has 2 N–H and O–H groups in total. The van der Waals surface area contributed by atoms with E-state index in [2.05, 4.69) is 20.4 Å². The van der Waals surface area contributed by atoms with E-state index in [0.29, 0.717) is 12.1 Å². The van der Waals surface area contributed by atoms with Crippen LogP contribution in [0.2, 0.25) is 0 Å². The minimum absolute atomic E-state index is 0.162. The van der Waals surface area contributed by atoms with E-state index >= 15 is 0 Å². The third-order valence-electron chi connectivity index (χ3n) is 8.14. The molecular weight excluding hydrogens is 400 g/mol. The number of carbonyl (C=O) groups is 2. The summed E-state index contributed by atoms with van der Waals surface area (Å²) in [6.45, 7) is 0. The monoisotopic (exact) mass is 428 g/mol. The van der Waals surface area contributed by atoms with E-state index in [1.807, 2.05) is 48.5 Å². The molecule has 0 unspecified atom stereocenters. The standard InChI is InChI=1S/C26H28N4O2/c31-23-19-5-1-3-7-21(19)27-25(29(23)17-9-10-17)13-15-26(16-14-25)28-22-8-4-2-6-20(22)24(32)30(26)18-11-12-18/h1-8,17-18,27-28H,9-16H2. The van der Waals surface area contributed by atoms with Crippen LogP contribution in [-0.2, 0) is 0 Å². The van der Waals surface area contributed by atoms with Gasteiger partial charge in [-0.05, 0) is 75.6 Å². The molecule has 164 valence electrons. The lowest BCUT2D eigenvalue weighted by Gasteiger charge is -2.58. The minimum Gasteiger partial charge on any atom is -0.362 e. The zero-order valence-electron chi connectivity index (χ0n) is 18.1. The molecule has 6 heteroatoms. The van der Waals surface area contributed by atoms with Crippen molar-refractivity contribution in [3.05, 3.63) is 59.7 Å². The first kappa shape index (κ1) is 18.5. The molecule has 5 aliphatic rings. The number of para-hydroxylation sites is 2. The van der Waals surface area contributed by atoms with Gasteiger partial charge in [-0.15, -0.1) is 0 Å². The predicted molar refractivity (Wildman–Crippen MR) is 122 cm³/mol. The third kappa shape index (κ3) is 2.52. The van der Waals surface area contributed by atoms with E-state index in [1.165, 1.54) is 0 Å².